The molecule has 0 aliphatic carbocycles. The van der Waals surface area contributed by atoms with Gasteiger partial charge in [0, 0.05) is 26.2 Å². The molecule has 0 aromatic heterocycles. The van der Waals surface area contributed by atoms with Gasteiger partial charge in [0.1, 0.15) is 0 Å². The second kappa shape index (κ2) is 6.10. The number of amides is 1. The normalized spacial score (nSPS) is 22.9. The van der Waals surface area contributed by atoms with Gasteiger partial charge in [0.15, 0.2) is 6.52 Å². The molecule has 0 aromatic carbocycles. The zero-order chi connectivity index (χ0) is 12.6. The molecule has 1 fully saturated rings. The maximum Gasteiger partial charge on any atom is 0.258 e. The van der Waals surface area contributed by atoms with Crippen LogP contribution in [-0.2, 0) is 9.36 Å². The van der Waals surface area contributed by atoms with Crippen LogP contribution in [0.3, 0.4) is 0 Å². The first kappa shape index (κ1) is 16.3. The highest BCUT2D eigenvalue weighted by Gasteiger charge is 2.36. The number of rotatable bonds is 2. The summed E-state index contributed by atoms with van der Waals surface area (Å²) < 4.78 is 12.9. The highest BCUT2D eigenvalue weighted by atomic mass is 127. The summed E-state index contributed by atoms with van der Waals surface area (Å²) in [5.41, 5.74) is 0. The Balaban J connectivity index is 2.56. The summed E-state index contributed by atoms with van der Waals surface area (Å²) in [6.07, 6.45) is 0. The van der Waals surface area contributed by atoms with Gasteiger partial charge in [0.2, 0.25) is 7.00 Å². The lowest BCUT2D eigenvalue weighted by atomic mass is 10.3. The van der Waals surface area contributed by atoms with Crippen LogP contribution in [0.25, 0.3) is 0 Å². The van der Waals surface area contributed by atoms with Gasteiger partial charge in [-0.2, -0.15) is 0 Å². The first-order valence-corrected chi connectivity index (χ1v) is 10.8. The van der Waals surface area contributed by atoms with E-state index in [1.165, 1.54) is 0 Å². The fourth-order valence-corrected chi connectivity index (χ4v) is 3.81. The van der Waals surface area contributed by atoms with Crippen LogP contribution >= 0.6 is 85.5 Å². The molecule has 0 bridgehead atoms. The quantitative estimate of drug-likeness (QED) is 0.211. The standard InChI is InChI=1S/C6H10BClI3N2O2P/c7-16(8,15)13-3-1-12(2-4-13)5(14)6(9,10)11/h1-4,7H2. The van der Waals surface area contributed by atoms with Crippen molar-refractivity contribution in [1.29, 1.82) is 0 Å². The Labute approximate surface area is 142 Å². The first-order chi connectivity index (χ1) is 7.12. The maximum atomic E-state index is 12.0. The molecule has 1 atom stereocenters. The summed E-state index contributed by atoms with van der Waals surface area (Å²) in [7, 11) is 1.55. The molecule has 0 N–H and O–H groups in total. The van der Waals surface area contributed by atoms with Crippen molar-refractivity contribution in [1.82, 2.24) is 9.57 Å². The Bertz CT molecular complexity index is 326. The van der Waals surface area contributed by atoms with Crippen LogP contribution in [0.4, 0.5) is 0 Å². The van der Waals surface area contributed by atoms with Crippen LogP contribution in [0.15, 0.2) is 0 Å². The van der Waals surface area contributed by atoms with Gasteiger partial charge in [-0.15, -0.1) is 0 Å². The second-order valence-electron chi connectivity index (χ2n) is 3.52. The molecular weight excluding hydrogens is 590 g/mol. The van der Waals surface area contributed by atoms with Crippen molar-refractivity contribution in [3.8, 4) is 0 Å². The van der Waals surface area contributed by atoms with E-state index >= 15 is 0 Å². The summed E-state index contributed by atoms with van der Waals surface area (Å²) >= 11 is 12.1. The molecule has 1 unspecified atom stereocenters. The van der Waals surface area contributed by atoms with Gasteiger partial charge in [0.05, 0.1) is 0 Å². The molecule has 92 valence electrons. The smallest absolute Gasteiger partial charge is 0.258 e. The summed E-state index contributed by atoms with van der Waals surface area (Å²) in [5, 5.41) is 0. The van der Waals surface area contributed by atoms with Gasteiger partial charge in [-0.3, -0.25) is 4.79 Å². The van der Waals surface area contributed by atoms with Crippen LogP contribution in [-0.4, -0.2) is 48.7 Å². The molecule has 1 aliphatic rings. The number of halogens is 4. The van der Waals surface area contributed by atoms with Gasteiger partial charge < -0.3 is 9.46 Å². The average molecular weight is 600 g/mol. The molecule has 1 saturated heterocycles. The summed E-state index contributed by atoms with van der Waals surface area (Å²) in [4.78, 5) is 13.8. The molecule has 10 heteroatoms. The summed E-state index contributed by atoms with van der Waals surface area (Å²) in [6, 6.07) is 0. The van der Waals surface area contributed by atoms with Crippen molar-refractivity contribution >= 4 is 99.0 Å². The van der Waals surface area contributed by atoms with Crippen LogP contribution < -0.4 is 0 Å². The molecule has 0 spiro atoms. The fraction of sp³-hybridized carbons (Fsp3) is 0.833. The summed E-state index contributed by atoms with van der Waals surface area (Å²) in [6.45, 7) is -0.309. The van der Waals surface area contributed by atoms with Gasteiger partial charge in [0.25, 0.3) is 5.91 Å². The molecular formula is C6H10BClI3N2O2P. The average Bonchev–Trinajstić information content (AvgIpc) is 2.14. The minimum atomic E-state index is -2.68. The molecule has 1 heterocycles. The van der Waals surface area contributed by atoms with Gasteiger partial charge >= 0.3 is 0 Å². The Morgan fingerprint density at radius 2 is 1.69 bits per heavy atom. The van der Waals surface area contributed by atoms with Crippen molar-refractivity contribution in [3.63, 3.8) is 0 Å². The van der Waals surface area contributed by atoms with E-state index in [1.54, 1.807) is 17.1 Å². The van der Waals surface area contributed by atoms with E-state index in [1.807, 2.05) is 0 Å². The number of piperazine rings is 1. The van der Waals surface area contributed by atoms with E-state index in [2.05, 4.69) is 67.8 Å². The highest BCUT2D eigenvalue weighted by molar-refractivity contribution is 14.3. The van der Waals surface area contributed by atoms with Crippen molar-refractivity contribution in [3.05, 3.63) is 0 Å². The Hall–Kier alpha value is 2.20. The lowest BCUT2D eigenvalue weighted by Crippen LogP contribution is -2.49. The first-order valence-electron chi connectivity index (χ1n) is 4.51. The third-order valence-corrected chi connectivity index (χ3v) is 5.73. The monoisotopic (exact) mass is 600 g/mol. The number of carbonyl (C=O) groups excluding carboxylic acids is 1. The van der Waals surface area contributed by atoms with Crippen molar-refractivity contribution in [2.24, 2.45) is 0 Å². The number of alkyl halides is 3. The topological polar surface area (TPSA) is 40.6 Å². The lowest BCUT2D eigenvalue weighted by molar-refractivity contribution is -0.129. The van der Waals surface area contributed by atoms with Gasteiger partial charge in [-0.1, -0.05) is 0 Å². The lowest BCUT2D eigenvalue weighted by Gasteiger charge is -2.37. The minimum absolute atomic E-state index is 0.106. The Kier molecular flexibility index (Phi) is 6.20. The van der Waals surface area contributed by atoms with E-state index in [4.69, 9.17) is 11.2 Å². The third-order valence-electron chi connectivity index (χ3n) is 2.29. The molecule has 1 amide bonds. The maximum absolute atomic E-state index is 12.0. The SMILES string of the molecule is BP(=O)(Cl)N1CCN(C(=O)C(I)(I)I)CC1. The van der Waals surface area contributed by atoms with E-state index in [0.29, 0.717) is 26.2 Å². The van der Waals surface area contributed by atoms with E-state index in [-0.39, 0.29) is 5.91 Å². The molecule has 16 heavy (non-hydrogen) atoms. The van der Waals surface area contributed by atoms with Crippen LogP contribution in [0.2, 0.25) is 0 Å². The predicted octanol–water partition coefficient (Wildman–Crippen LogP) is 2.07. The number of hydrogen-bond donors (Lipinski definition) is 0. The largest absolute Gasteiger partial charge is 0.338 e. The highest BCUT2D eigenvalue weighted by Crippen LogP contribution is 2.50. The molecule has 0 saturated carbocycles. The third kappa shape index (κ3) is 4.71. The van der Waals surface area contributed by atoms with Gasteiger partial charge in [-0.05, 0) is 79.0 Å². The van der Waals surface area contributed by atoms with E-state index < -0.39 is 5.96 Å². The van der Waals surface area contributed by atoms with E-state index in [9.17, 15) is 9.36 Å². The number of carbonyl (C=O) groups is 1. The summed E-state index contributed by atoms with van der Waals surface area (Å²) in [5.74, 6) is 0.106. The van der Waals surface area contributed by atoms with Crippen LogP contribution in [0, 0.1) is 0 Å². The Morgan fingerprint density at radius 3 is 2.00 bits per heavy atom. The van der Waals surface area contributed by atoms with E-state index in [0.717, 1.165) is 0 Å². The molecule has 0 aromatic rings. The molecule has 1 rings (SSSR count). The Morgan fingerprint density at radius 1 is 1.25 bits per heavy atom. The van der Waals surface area contributed by atoms with Crippen molar-refractivity contribution in [2.45, 2.75) is -0.565 Å². The van der Waals surface area contributed by atoms with Crippen molar-refractivity contribution < 1.29 is 9.36 Å². The zero-order valence-corrected chi connectivity index (χ0v) is 16.6. The number of hydrogen-bond acceptors (Lipinski definition) is 2. The number of nitrogens with zero attached hydrogens (tertiary/aromatic N) is 2. The predicted molar refractivity (Wildman–Crippen MR) is 94.9 cm³/mol. The van der Waals surface area contributed by atoms with Crippen molar-refractivity contribution in [2.75, 3.05) is 26.2 Å². The molecule has 0 radical (unpaired) electrons. The van der Waals surface area contributed by atoms with Crippen LogP contribution in [0.5, 0.6) is 0 Å². The van der Waals surface area contributed by atoms with Gasteiger partial charge in [-0.25, -0.2) is 4.67 Å². The fourth-order valence-electron chi connectivity index (χ4n) is 1.44. The van der Waals surface area contributed by atoms with Crippen LogP contribution in [0.1, 0.15) is 0 Å². The minimum Gasteiger partial charge on any atom is -0.338 e. The zero-order valence-electron chi connectivity index (χ0n) is 8.50. The molecule has 1 aliphatic heterocycles. The molecule has 4 nitrogen and oxygen atoms in total. The second-order valence-corrected chi connectivity index (χ2v) is 18.6.